The van der Waals surface area contributed by atoms with Gasteiger partial charge in [-0.3, -0.25) is 4.90 Å². The van der Waals surface area contributed by atoms with Crippen molar-refractivity contribution in [3.05, 3.63) is 59.7 Å². The molecular formula is C17H17N5O. The summed E-state index contributed by atoms with van der Waals surface area (Å²) in [6, 6.07) is 13.8. The van der Waals surface area contributed by atoms with Crippen molar-refractivity contribution in [3.63, 3.8) is 0 Å². The fourth-order valence-electron chi connectivity index (χ4n) is 2.45. The SMILES string of the molecule is CN(Cc1cc(C#N)n(C)c1)Cc1nc(-c2ccccc2)no1. The van der Waals surface area contributed by atoms with Crippen LogP contribution in [0, 0.1) is 11.3 Å². The molecule has 1 aromatic carbocycles. The van der Waals surface area contributed by atoms with Crippen LogP contribution in [0.2, 0.25) is 0 Å². The van der Waals surface area contributed by atoms with E-state index in [-0.39, 0.29) is 0 Å². The summed E-state index contributed by atoms with van der Waals surface area (Å²) in [5.74, 6) is 1.17. The third kappa shape index (κ3) is 3.47. The zero-order valence-corrected chi connectivity index (χ0v) is 13.1. The van der Waals surface area contributed by atoms with E-state index in [1.54, 1.807) is 0 Å². The van der Waals surface area contributed by atoms with Gasteiger partial charge in [0.1, 0.15) is 11.8 Å². The highest BCUT2D eigenvalue weighted by atomic mass is 16.5. The lowest BCUT2D eigenvalue weighted by Gasteiger charge is -2.12. The average Bonchev–Trinajstić information content (AvgIpc) is 3.14. The van der Waals surface area contributed by atoms with Crippen LogP contribution in [0.1, 0.15) is 17.1 Å². The minimum atomic E-state index is 0.552. The zero-order chi connectivity index (χ0) is 16.2. The van der Waals surface area contributed by atoms with Gasteiger partial charge in [-0.15, -0.1) is 0 Å². The summed E-state index contributed by atoms with van der Waals surface area (Å²) >= 11 is 0. The van der Waals surface area contributed by atoms with Gasteiger partial charge in [-0.25, -0.2) is 0 Å². The normalized spacial score (nSPS) is 10.9. The number of nitriles is 1. The smallest absolute Gasteiger partial charge is 0.241 e. The maximum absolute atomic E-state index is 8.99. The fraction of sp³-hybridized carbons (Fsp3) is 0.235. The Kier molecular flexibility index (Phi) is 4.22. The van der Waals surface area contributed by atoms with Gasteiger partial charge in [0, 0.05) is 25.4 Å². The Labute approximate surface area is 134 Å². The predicted molar refractivity (Wildman–Crippen MR) is 85.0 cm³/mol. The first kappa shape index (κ1) is 15.0. The quantitative estimate of drug-likeness (QED) is 0.724. The summed E-state index contributed by atoms with van der Waals surface area (Å²) in [5.41, 5.74) is 2.67. The van der Waals surface area contributed by atoms with Gasteiger partial charge in [-0.05, 0) is 18.7 Å². The molecule has 6 heteroatoms. The lowest BCUT2D eigenvalue weighted by Crippen LogP contribution is -2.17. The molecule has 0 spiro atoms. The number of aromatic nitrogens is 3. The van der Waals surface area contributed by atoms with E-state index in [4.69, 9.17) is 9.78 Å². The highest BCUT2D eigenvalue weighted by Gasteiger charge is 2.12. The molecule has 6 nitrogen and oxygen atoms in total. The van der Waals surface area contributed by atoms with Gasteiger partial charge in [0.15, 0.2) is 0 Å². The Hall–Kier alpha value is -2.91. The van der Waals surface area contributed by atoms with E-state index in [0.29, 0.717) is 30.5 Å². The zero-order valence-electron chi connectivity index (χ0n) is 13.1. The van der Waals surface area contributed by atoms with E-state index in [9.17, 15) is 0 Å². The first-order chi connectivity index (χ1) is 11.2. The van der Waals surface area contributed by atoms with Crippen molar-refractivity contribution in [1.29, 1.82) is 5.26 Å². The molecule has 0 amide bonds. The Morgan fingerprint density at radius 2 is 2.04 bits per heavy atom. The molecule has 2 aromatic heterocycles. The first-order valence-electron chi connectivity index (χ1n) is 7.27. The molecule has 116 valence electrons. The number of rotatable bonds is 5. The van der Waals surface area contributed by atoms with Crippen molar-refractivity contribution in [2.45, 2.75) is 13.1 Å². The lowest BCUT2D eigenvalue weighted by molar-refractivity contribution is 0.261. The molecule has 0 N–H and O–H groups in total. The van der Waals surface area contributed by atoms with Crippen molar-refractivity contribution < 1.29 is 4.52 Å². The van der Waals surface area contributed by atoms with Gasteiger partial charge < -0.3 is 9.09 Å². The minimum absolute atomic E-state index is 0.552. The summed E-state index contributed by atoms with van der Waals surface area (Å²) in [7, 11) is 3.84. The number of benzene rings is 1. The third-order valence-electron chi connectivity index (χ3n) is 3.53. The molecule has 0 saturated heterocycles. The largest absolute Gasteiger partial charge is 0.342 e. The molecule has 3 aromatic rings. The van der Waals surface area contributed by atoms with Crippen molar-refractivity contribution in [3.8, 4) is 17.5 Å². The Morgan fingerprint density at radius 3 is 2.74 bits per heavy atom. The molecule has 0 aliphatic rings. The second-order valence-electron chi connectivity index (χ2n) is 5.51. The molecule has 0 bridgehead atoms. The van der Waals surface area contributed by atoms with E-state index in [0.717, 1.165) is 11.1 Å². The minimum Gasteiger partial charge on any atom is -0.342 e. The van der Waals surface area contributed by atoms with Crippen LogP contribution in [0.3, 0.4) is 0 Å². The molecule has 23 heavy (non-hydrogen) atoms. The van der Waals surface area contributed by atoms with Crippen LogP contribution in [0.15, 0.2) is 47.1 Å². The standard InChI is InChI=1S/C17H17N5O/c1-21(10-13-8-15(9-18)22(2)11-13)12-16-19-17(20-23-16)14-6-4-3-5-7-14/h3-8,11H,10,12H2,1-2H3. The highest BCUT2D eigenvalue weighted by molar-refractivity contribution is 5.53. The summed E-state index contributed by atoms with van der Waals surface area (Å²) in [4.78, 5) is 6.49. The summed E-state index contributed by atoms with van der Waals surface area (Å²) in [6.45, 7) is 1.26. The average molecular weight is 307 g/mol. The van der Waals surface area contributed by atoms with Crippen molar-refractivity contribution >= 4 is 0 Å². The molecule has 0 unspecified atom stereocenters. The molecule has 0 atom stereocenters. The molecule has 3 rings (SSSR count). The van der Waals surface area contributed by atoms with Gasteiger partial charge in [0.2, 0.25) is 11.7 Å². The highest BCUT2D eigenvalue weighted by Crippen LogP contribution is 2.16. The summed E-state index contributed by atoms with van der Waals surface area (Å²) in [6.07, 6.45) is 1.96. The van der Waals surface area contributed by atoms with Gasteiger partial charge >= 0.3 is 0 Å². The van der Waals surface area contributed by atoms with Crippen LogP contribution in [0.4, 0.5) is 0 Å². The predicted octanol–water partition coefficient (Wildman–Crippen LogP) is 2.58. The van der Waals surface area contributed by atoms with Gasteiger partial charge in [0.05, 0.1) is 6.54 Å². The third-order valence-corrected chi connectivity index (χ3v) is 3.53. The van der Waals surface area contributed by atoms with Gasteiger partial charge in [-0.1, -0.05) is 35.5 Å². The van der Waals surface area contributed by atoms with Crippen LogP contribution in [-0.2, 0) is 20.1 Å². The maximum Gasteiger partial charge on any atom is 0.241 e. The number of aryl methyl sites for hydroxylation is 1. The van der Waals surface area contributed by atoms with Crippen molar-refractivity contribution in [2.24, 2.45) is 7.05 Å². The van der Waals surface area contributed by atoms with Gasteiger partial charge in [-0.2, -0.15) is 10.2 Å². The van der Waals surface area contributed by atoms with Gasteiger partial charge in [0.25, 0.3) is 0 Å². The van der Waals surface area contributed by atoms with E-state index in [1.807, 2.05) is 61.3 Å². The monoisotopic (exact) mass is 307 g/mol. The molecule has 0 saturated carbocycles. The van der Waals surface area contributed by atoms with Crippen LogP contribution in [0.25, 0.3) is 11.4 Å². The lowest BCUT2D eigenvalue weighted by atomic mass is 10.2. The van der Waals surface area contributed by atoms with E-state index < -0.39 is 0 Å². The molecule has 0 radical (unpaired) electrons. The molecule has 0 aliphatic heterocycles. The van der Waals surface area contributed by atoms with Crippen LogP contribution >= 0.6 is 0 Å². The Morgan fingerprint density at radius 1 is 1.26 bits per heavy atom. The van der Waals surface area contributed by atoms with Crippen molar-refractivity contribution in [2.75, 3.05) is 7.05 Å². The summed E-state index contributed by atoms with van der Waals surface area (Å²) in [5, 5.41) is 13.0. The second-order valence-corrected chi connectivity index (χ2v) is 5.51. The number of hydrogen-bond acceptors (Lipinski definition) is 5. The Balaban J connectivity index is 1.65. The van der Waals surface area contributed by atoms with Crippen LogP contribution < -0.4 is 0 Å². The Bertz CT molecular complexity index is 828. The topological polar surface area (TPSA) is 70.9 Å². The van der Waals surface area contributed by atoms with E-state index in [2.05, 4.69) is 21.1 Å². The number of hydrogen-bond donors (Lipinski definition) is 0. The molecule has 0 aliphatic carbocycles. The second kappa shape index (κ2) is 6.46. The number of nitrogens with zero attached hydrogens (tertiary/aromatic N) is 5. The first-order valence-corrected chi connectivity index (χ1v) is 7.27. The van der Waals surface area contributed by atoms with Crippen LogP contribution in [0.5, 0.6) is 0 Å². The van der Waals surface area contributed by atoms with E-state index >= 15 is 0 Å². The summed E-state index contributed by atoms with van der Waals surface area (Å²) < 4.78 is 7.14. The molecule has 0 fully saturated rings. The van der Waals surface area contributed by atoms with E-state index in [1.165, 1.54) is 0 Å². The fourth-order valence-corrected chi connectivity index (χ4v) is 2.45. The molecule has 2 heterocycles. The van der Waals surface area contributed by atoms with Crippen LogP contribution in [-0.4, -0.2) is 26.7 Å². The van der Waals surface area contributed by atoms with Crippen molar-refractivity contribution in [1.82, 2.24) is 19.6 Å². The molecular weight excluding hydrogens is 290 g/mol. The maximum atomic E-state index is 8.99.